The summed E-state index contributed by atoms with van der Waals surface area (Å²) in [4.78, 5) is 55.2. The number of cyclic esters (lactones) is 1. The third kappa shape index (κ3) is 10.5. The van der Waals surface area contributed by atoms with E-state index in [2.05, 4.69) is 0 Å². The Kier molecular flexibility index (Phi) is 13.1. The molecule has 1 aliphatic heterocycles. The Bertz CT molecular complexity index is 2100. The molecule has 0 bridgehead atoms. The molecule has 0 fully saturated rings. The molecule has 0 saturated heterocycles. The third-order valence-electron chi connectivity index (χ3n) is 7.83. The molecule has 2 atom stereocenters. The molecule has 1 heterocycles. The van der Waals surface area contributed by atoms with E-state index in [4.69, 9.17) is 27.8 Å². The molecule has 0 amide bonds. The molecule has 21 nitrogen and oxygen atoms in total. The molecule has 0 radical (unpaired) electrons. The van der Waals surface area contributed by atoms with Crippen LogP contribution in [0.15, 0.2) is 109 Å². The highest BCUT2D eigenvalue weighted by Crippen LogP contribution is 2.53. The Morgan fingerprint density at radius 3 is 1.27 bits per heavy atom. The summed E-state index contributed by atoms with van der Waals surface area (Å²) in [5.41, 5.74) is 0.508. The SMILES string of the molecule is O=C1O[C@H]([C@H](CO)OP(=O)(OCc2ccc([N+](=O)[O-])cc2)OCc2ccc([N+](=O)[O-])cc2)C(OCc2ccc([N+](=O)[O-])cc2)=C1OCc1ccc([N+](=O)[O-])cc1. The van der Waals surface area contributed by atoms with Crippen molar-refractivity contribution in [3.63, 3.8) is 0 Å². The standard InChI is InChI=1S/C34H29N4O17P/c39-17-30(55-56(49,52-20-24-5-13-28(14-6-24)37(45)46)53-21-25-7-15-29(16-8-25)38(47)48)31-32(50-18-22-1-9-26(10-2-22)35(41)42)33(34(40)54-31)51-19-23-3-11-27(12-4-23)36(43)44/h1-16,30-31,39H,17-21H2/t30-,31+/m0/s1. The Hall–Kier alpha value is -6.64. The van der Waals surface area contributed by atoms with Crippen LogP contribution in [0.25, 0.3) is 0 Å². The van der Waals surface area contributed by atoms with Gasteiger partial charge in [-0.15, -0.1) is 0 Å². The van der Waals surface area contributed by atoms with Crippen molar-refractivity contribution in [3.05, 3.63) is 171 Å². The monoisotopic (exact) mass is 796 g/mol. The number of nitro benzene ring substituents is 4. The van der Waals surface area contributed by atoms with Gasteiger partial charge in [-0.3, -0.25) is 54.0 Å². The quantitative estimate of drug-likeness (QED) is 0.0457. The lowest BCUT2D eigenvalue weighted by molar-refractivity contribution is -0.385. The fourth-order valence-corrected chi connectivity index (χ4v) is 6.22. The van der Waals surface area contributed by atoms with Gasteiger partial charge in [0.1, 0.15) is 19.3 Å². The first-order valence-corrected chi connectivity index (χ1v) is 17.5. The molecule has 5 rings (SSSR count). The van der Waals surface area contributed by atoms with E-state index >= 15 is 0 Å². The second kappa shape index (κ2) is 18.1. The lowest BCUT2D eigenvalue weighted by Gasteiger charge is -2.27. The summed E-state index contributed by atoms with van der Waals surface area (Å²) in [6.45, 7) is -2.64. The zero-order valence-corrected chi connectivity index (χ0v) is 29.5. The normalized spacial score (nSPS) is 14.5. The van der Waals surface area contributed by atoms with Gasteiger partial charge in [0.15, 0.2) is 11.9 Å². The summed E-state index contributed by atoms with van der Waals surface area (Å²) in [6.07, 6.45) is -3.41. The molecular weight excluding hydrogens is 767 g/mol. The fraction of sp³-hybridized carbons (Fsp3) is 0.206. The number of esters is 1. The Labute approximate surface area is 314 Å². The van der Waals surface area contributed by atoms with Gasteiger partial charge in [0.25, 0.3) is 22.7 Å². The van der Waals surface area contributed by atoms with E-state index in [1.54, 1.807) is 0 Å². The highest BCUT2D eigenvalue weighted by molar-refractivity contribution is 7.48. The van der Waals surface area contributed by atoms with E-state index in [9.17, 15) is 54.9 Å². The van der Waals surface area contributed by atoms with Crippen molar-refractivity contribution in [3.8, 4) is 0 Å². The van der Waals surface area contributed by atoms with Gasteiger partial charge in [-0.2, -0.15) is 0 Å². The topological polar surface area (TPSA) is 282 Å². The van der Waals surface area contributed by atoms with Gasteiger partial charge in [-0.1, -0.05) is 0 Å². The van der Waals surface area contributed by atoms with Crippen molar-refractivity contribution in [2.75, 3.05) is 6.61 Å². The number of hydrogen-bond donors (Lipinski definition) is 1. The van der Waals surface area contributed by atoms with Crippen LogP contribution in [-0.4, -0.2) is 49.6 Å². The van der Waals surface area contributed by atoms with Gasteiger partial charge in [0, 0.05) is 48.5 Å². The number of ether oxygens (including phenoxy) is 3. The Balaban J connectivity index is 1.42. The first-order chi connectivity index (χ1) is 26.7. The lowest BCUT2D eigenvalue weighted by atomic mass is 10.1. The lowest BCUT2D eigenvalue weighted by Crippen LogP contribution is -2.35. The van der Waals surface area contributed by atoms with Gasteiger partial charge in [0.05, 0.1) is 39.5 Å². The van der Waals surface area contributed by atoms with Crippen molar-refractivity contribution >= 4 is 36.5 Å². The number of aliphatic hydroxyl groups excluding tert-OH is 1. The molecule has 56 heavy (non-hydrogen) atoms. The van der Waals surface area contributed by atoms with Crippen molar-refractivity contribution in [1.29, 1.82) is 0 Å². The highest BCUT2D eigenvalue weighted by Gasteiger charge is 2.46. The van der Waals surface area contributed by atoms with Crippen LogP contribution in [0.2, 0.25) is 0 Å². The third-order valence-corrected chi connectivity index (χ3v) is 9.25. The van der Waals surface area contributed by atoms with Crippen molar-refractivity contribution in [2.24, 2.45) is 0 Å². The van der Waals surface area contributed by atoms with E-state index < -0.39 is 71.3 Å². The average Bonchev–Trinajstić information content (AvgIpc) is 3.51. The van der Waals surface area contributed by atoms with Gasteiger partial charge in [0.2, 0.25) is 5.76 Å². The van der Waals surface area contributed by atoms with Crippen LogP contribution >= 0.6 is 7.82 Å². The first kappa shape index (κ1) is 40.5. The molecule has 0 unspecified atom stereocenters. The fourth-order valence-electron chi connectivity index (χ4n) is 4.90. The van der Waals surface area contributed by atoms with Crippen molar-refractivity contribution in [2.45, 2.75) is 38.6 Å². The van der Waals surface area contributed by atoms with Gasteiger partial charge < -0.3 is 19.3 Å². The minimum Gasteiger partial charge on any atom is -0.485 e. The van der Waals surface area contributed by atoms with Crippen LogP contribution in [0.4, 0.5) is 22.7 Å². The van der Waals surface area contributed by atoms with E-state index in [0.717, 1.165) is 0 Å². The number of nitro groups is 4. The molecule has 292 valence electrons. The van der Waals surface area contributed by atoms with Gasteiger partial charge in [-0.25, -0.2) is 9.36 Å². The average molecular weight is 797 g/mol. The highest BCUT2D eigenvalue weighted by atomic mass is 31.2. The first-order valence-electron chi connectivity index (χ1n) is 16.1. The number of phosphoric acid groups is 1. The van der Waals surface area contributed by atoms with Crippen LogP contribution in [0, 0.1) is 40.5 Å². The second-order valence-electron chi connectivity index (χ2n) is 11.6. The molecule has 0 aromatic heterocycles. The summed E-state index contributed by atoms with van der Waals surface area (Å²) >= 11 is 0. The second-order valence-corrected chi connectivity index (χ2v) is 13.2. The number of hydrogen-bond acceptors (Lipinski definition) is 17. The van der Waals surface area contributed by atoms with Gasteiger partial charge in [-0.05, 0) is 70.8 Å². The predicted molar refractivity (Wildman–Crippen MR) is 188 cm³/mol. The maximum absolute atomic E-state index is 14.2. The molecule has 1 N–H and O–H groups in total. The van der Waals surface area contributed by atoms with Gasteiger partial charge >= 0.3 is 13.8 Å². The minimum atomic E-state index is -4.83. The Morgan fingerprint density at radius 2 is 0.929 bits per heavy atom. The zero-order valence-electron chi connectivity index (χ0n) is 28.6. The number of nitrogens with zero attached hydrogens (tertiary/aromatic N) is 4. The molecule has 22 heteroatoms. The van der Waals surface area contributed by atoms with E-state index in [1.807, 2.05) is 0 Å². The van der Waals surface area contributed by atoms with Crippen LogP contribution in [0.3, 0.4) is 0 Å². The van der Waals surface area contributed by atoms with Crippen LogP contribution in [0.1, 0.15) is 22.3 Å². The van der Waals surface area contributed by atoms with Crippen LogP contribution in [-0.2, 0) is 63.6 Å². The maximum Gasteiger partial charge on any atom is 0.475 e. The number of aliphatic hydroxyl groups is 1. The number of carbonyl (C=O) groups excluding carboxylic acids is 1. The Morgan fingerprint density at radius 1 is 0.589 bits per heavy atom. The van der Waals surface area contributed by atoms with Crippen molar-refractivity contribution < 1.29 is 61.9 Å². The smallest absolute Gasteiger partial charge is 0.475 e. The molecular formula is C34H29N4O17P. The summed E-state index contributed by atoms with van der Waals surface area (Å²) in [5, 5.41) is 54.9. The summed E-state index contributed by atoms with van der Waals surface area (Å²) in [5.74, 6) is -1.97. The van der Waals surface area contributed by atoms with E-state index in [1.165, 1.54) is 97.1 Å². The minimum absolute atomic E-state index is 0.195. The number of rotatable bonds is 20. The molecule has 0 spiro atoms. The zero-order chi connectivity index (χ0) is 40.4. The van der Waals surface area contributed by atoms with E-state index in [0.29, 0.717) is 22.3 Å². The largest absolute Gasteiger partial charge is 0.485 e. The summed E-state index contributed by atoms with van der Waals surface area (Å²) in [6, 6.07) is 20.4. The molecule has 0 saturated carbocycles. The number of benzene rings is 4. The maximum atomic E-state index is 14.2. The van der Waals surface area contributed by atoms with Crippen LogP contribution in [0.5, 0.6) is 0 Å². The predicted octanol–water partition coefficient (Wildman–Crippen LogP) is 6.11. The number of phosphoric ester groups is 1. The summed E-state index contributed by atoms with van der Waals surface area (Å²) in [7, 11) is -4.83. The van der Waals surface area contributed by atoms with Crippen LogP contribution < -0.4 is 0 Å². The molecule has 4 aromatic rings. The molecule has 0 aliphatic carbocycles. The number of non-ortho nitro benzene ring substituents is 4. The summed E-state index contributed by atoms with van der Waals surface area (Å²) < 4.78 is 48.2. The molecule has 4 aromatic carbocycles. The number of carbonyl (C=O) groups is 1. The molecule has 1 aliphatic rings. The van der Waals surface area contributed by atoms with E-state index in [-0.39, 0.29) is 41.7 Å². The van der Waals surface area contributed by atoms with Crippen molar-refractivity contribution in [1.82, 2.24) is 0 Å².